The molecule has 6 heteroatoms. The summed E-state index contributed by atoms with van der Waals surface area (Å²) in [7, 11) is 0. The summed E-state index contributed by atoms with van der Waals surface area (Å²) in [5.41, 5.74) is 4.11. The molecule has 0 bridgehead atoms. The number of hydrogen-bond acceptors (Lipinski definition) is 3. The summed E-state index contributed by atoms with van der Waals surface area (Å²) >= 11 is 0. The fraction of sp³-hybridized carbons (Fsp3) is 0.500. The summed E-state index contributed by atoms with van der Waals surface area (Å²) < 4.78 is 0. The zero-order valence-corrected chi connectivity index (χ0v) is 15.7. The first kappa shape index (κ1) is 21.0. The number of benzene rings is 1. The van der Waals surface area contributed by atoms with E-state index in [0.717, 1.165) is 39.0 Å². The van der Waals surface area contributed by atoms with Gasteiger partial charge in [-0.15, -0.1) is 24.8 Å². The Balaban J connectivity index is 0.00000144. The molecule has 0 radical (unpaired) electrons. The molecule has 1 amide bonds. The number of carbonyl (C=O) groups excluding carboxylic acids is 1. The minimum atomic E-state index is -0.0735. The molecule has 0 aliphatic carbocycles. The van der Waals surface area contributed by atoms with Crippen LogP contribution in [0.25, 0.3) is 0 Å². The maximum Gasteiger partial charge on any atom is 0.237 e. The second-order valence-corrected chi connectivity index (χ2v) is 6.20. The molecule has 0 fully saturated rings. The van der Waals surface area contributed by atoms with Crippen LogP contribution in [0.3, 0.4) is 0 Å². The van der Waals surface area contributed by atoms with Crippen LogP contribution < -0.4 is 10.6 Å². The maximum atomic E-state index is 12.4. The zero-order valence-electron chi connectivity index (χ0n) is 14.1. The number of rotatable bonds is 4. The molecule has 0 saturated carbocycles. The minimum absolute atomic E-state index is 0. The van der Waals surface area contributed by atoms with Crippen LogP contribution >= 0.6 is 24.8 Å². The maximum absolute atomic E-state index is 12.4. The van der Waals surface area contributed by atoms with Crippen LogP contribution in [0, 0.1) is 0 Å². The molecule has 3 rings (SSSR count). The van der Waals surface area contributed by atoms with Crippen molar-refractivity contribution in [3.8, 4) is 0 Å². The van der Waals surface area contributed by atoms with Crippen LogP contribution in [-0.2, 0) is 17.8 Å². The van der Waals surface area contributed by atoms with Gasteiger partial charge < -0.3 is 10.6 Å². The average Bonchev–Trinajstić information content (AvgIpc) is 2.59. The first-order valence-electron chi connectivity index (χ1n) is 8.21. The molecule has 24 heavy (non-hydrogen) atoms. The smallest absolute Gasteiger partial charge is 0.237 e. The van der Waals surface area contributed by atoms with E-state index < -0.39 is 0 Å². The Hall–Kier alpha value is -1.07. The highest BCUT2D eigenvalue weighted by molar-refractivity contribution is 5.85. The molecule has 2 heterocycles. The SMILES string of the molecule is CC(C(=O)NCC1=CCNCC1)N1CCc2ccccc2C1.Cl.Cl. The highest BCUT2D eigenvalue weighted by Gasteiger charge is 2.25. The summed E-state index contributed by atoms with van der Waals surface area (Å²) in [6.07, 6.45) is 4.25. The van der Waals surface area contributed by atoms with Crippen molar-refractivity contribution in [3.63, 3.8) is 0 Å². The van der Waals surface area contributed by atoms with E-state index in [9.17, 15) is 4.79 Å². The molecule has 0 aromatic heterocycles. The standard InChI is InChI=1S/C18H25N3O.2ClH/c1-14(18(22)20-12-15-6-9-19-10-7-15)21-11-8-16-4-2-3-5-17(16)13-21;;/h2-6,14,19H,7-13H2,1H3,(H,20,22);2*1H. The number of nitrogens with zero attached hydrogens (tertiary/aromatic N) is 1. The topological polar surface area (TPSA) is 44.4 Å². The van der Waals surface area contributed by atoms with E-state index >= 15 is 0 Å². The molecular weight excluding hydrogens is 345 g/mol. The molecule has 0 spiro atoms. The summed E-state index contributed by atoms with van der Waals surface area (Å²) in [4.78, 5) is 14.7. The number of carbonyl (C=O) groups is 1. The van der Waals surface area contributed by atoms with E-state index in [1.54, 1.807) is 0 Å². The van der Waals surface area contributed by atoms with Crippen molar-refractivity contribution in [3.05, 3.63) is 47.0 Å². The lowest BCUT2D eigenvalue weighted by Gasteiger charge is -2.33. The van der Waals surface area contributed by atoms with Gasteiger partial charge in [-0.25, -0.2) is 0 Å². The first-order chi connectivity index (χ1) is 10.7. The predicted octanol–water partition coefficient (Wildman–Crippen LogP) is 2.31. The molecule has 1 aromatic carbocycles. The third-order valence-corrected chi connectivity index (χ3v) is 4.73. The fourth-order valence-electron chi connectivity index (χ4n) is 3.19. The molecule has 2 aliphatic rings. The normalized spacial score (nSPS) is 18.3. The van der Waals surface area contributed by atoms with Crippen LogP contribution in [0.1, 0.15) is 24.5 Å². The molecule has 134 valence electrons. The Morgan fingerprint density at radius 1 is 1.25 bits per heavy atom. The molecule has 2 N–H and O–H groups in total. The minimum Gasteiger partial charge on any atom is -0.351 e. The van der Waals surface area contributed by atoms with Gasteiger partial charge in [0.25, 0.3) is 0 Å². The van der Waals surface area contributed by atoms with Crippen LogP contribution in [-0.4, -0.2) is 43.0 Å². The summed E-state index contributed by atoms with van der Waals surface area (Å²) in [5, 5.41) is 6.39. The van der Waals surface area contributed by atoms with Gasteiger partial charge in [0.2, 0.25) is 5.91 Å². The Bertz CT molecular complexity index is 577. The summed E-state index contributed by atoms with van der Waals surface area (Å²) in [5.74, 6) is 0.138. The third-order valence-electron chi connectivity index (χ3n) is 4.73. The number of amides is 1. The van der Waals surface area contributed by atoms with Crippen molar-refractivity contribution in [2.24, 2.45) is 0 Å². The van der Waals surface area contributed by atoms with Crippen LogP contribution in [0.4, 0.5) is 0 Å². The van der Waals surface area contributed by atoms with Crippen molar-refractivity contribution >= 4 is 30.7 Å². The molecule has 1 atom stereocenters. The lowest BCUT2D eigenvalue weighted by molar-refractivity contribution is -0.126. The number of halogens is 2. The number of nitrogens with one attached hydrogen (secondary N) is 2. The molecule has 2 aliphatic heterocycles. The number of hydrogen-bond donors (Lipinski definition) is 2. The van der Waals surface area contributed by atoms with Gasteiger partial charge in [0.1, 0.15) is 0 Å². The lowest BCUT2D eigenvalue weighted by Crippen LogP contribution is -2.47. The molecule has 0 saturated heterocycles. The molecule has 1 aromatic rings. The quantitative estimate of drug-likeness (QED) is 0.798. The Morgan fingerprint density at radius 2 is 2.00 bits per heavy atom. The van der Waals surface area contributed by atoms with Gasteiger partial charge in [0.15, 0.2) is 0 Å². The lowest BCUT2D eigenvalue weighted by atomic mass is 9.98. The summed E-state index contributed by atoms with van der Waals surface area (Å²) in [6.45, 7) is 6.47. The van der Waals surface area contributed by atoms with Gasteiger partial charge in [-0.1, -0.05) is 35.9 Å². The predicted molar refractivity (Wildman–Crippen MR) is 103 cm³/mol. The van der Waals surface area contributed by atoms with Crippen LogP contribution in [0.15, 0.2) is 35.9 Å². The van der Waals surface area contributed by atoms with Gasteiger partial charge in [-0.05, 0) is 37.4 Å². The van der Waals surface area contributed by atoms with Gasteiger partial charge in [0, 0.05) is 26.2 Å². The highest BCUT2D eigenvalue weighted by Crippen LogP contribution is 2.20. The molecule has 4 nitrogen and oxygen atoms in total. The van der Waals surface area contributed by atoms with Crippen LogP contribution in [0.2, 0.25) is 0 Å². The Kier molecular flexibility index (Phi) is 8.78. The first-order valence-corrected chi connectivity index (χ1v) is 8.21. The second kappa shape index (κ2) is 10.0. The summed E-state index contributed by atoms with van der Waals surface area (Å²) in [6, 6.07) is 8.47. The number of fused-ring (bicyclic) bond motifs is 1. The highest BCUT2D eigenvalue weighted by atomic mass is 35.5. The van der Waals surface area contributed by atoms with Crippen molar-refractivity contribution in [2.75, 3.05) is 26.2 Å². The van der Waals surface area contributed by atoms with Gasteiger partial charge in [0.05, 0.1) is 6.04 Å². The van der Waals surface area contributed by atoms with Gasteiger partial charge in [-0.3, -0.25) is 9.69 Å². The van der Waals surface area contributed by atoms with E-state index in [4.69, 9.17) is 0 Å². The van der Waals surface area contributed by atoms with E-state index in [-0.39, 0.29) is 36.8 Å². The van der Waals surface area contributed by atoms with Gasteiger partial charge >= 0.3 is 0 Å². The van der Waals surface area contributed by atoms with E-state index in [2.05, 4.69) is 45.9 Å². The molecule has 1 unspecified atom stereocenters. The van der Waals surface area contributed by atoms with Crippen LogP contribution in [0.5, 0.6) is 0 Å². The van der Waals surface area contributed by atoms with Crippen molar-refractivity contribution < 1.29 is 4.79 Å². The van der Waals surface area contributed by atoms with Crippen molar-refractivity contribution in [1.82, 2.24) is 15.5 Å². The van der Waals surface area contributed by atoms with E-state index in [1.165, 1.54) is 16.7 Å². The zero-order chi connectivity index (χ0) is 15.4. The van der Waals surface area contributed by atoms with E-state index in [1.807, 2.05) is 6.92 Å². The molecular formula is C18H27Cl2N3O. The van der Waals surface area contributed by atoms with Gasteiger partial charge in [-0.2, -0.15) is 0 Å². The monoisotopic (exact) mass is 371 g/mol. The Labute approximate surface area is 156 Å². The Morgan fingerprint density at radius 3 is 2.71 bits per heavy atom. The van der Waals surface area contributed by atoms with E-state index in [0.29, 0.717) is 6.54 Å². The van der Waals surface area contributed by atoms with Crippen molar-refractivity contribution in [1.29, 1.82) is 0 Å². The average molecular weight is 372 g/mol. The fourth-order valence-corrected chi connectivity index (χ4v) is 3.19. The second-order valence-electron chi connectivity index (χ2n) is 6.20. The third kappa shape index (κ3) is 5.21. The largest absolute Gasteiger partial charge is 0.351 e. The van der Waals surface area contributed by atoms with Crippen molar-refractivity contribution in [2.45, 2.75) is 32.4 Å².